The lowest BCUT2D eigenvalue weighted by molar-refractivity contribution is 0.374. The second-order valence-electron chi connectivity index (χ2n) is 2.95. The van der Waals surface area contributed by atoms with Gasteiger partial charge >= 0.3 is 0 Å². The number of nitrogens with two attached hydrogens (primary N) is 2. The Bertz CT molecular complexity index is 311. The third kappa shape index (κ3) is 1.84. The highest BCUT2D eigenvalue weighted by Gasteiger charge is 2.09. The second-order valence-corrected chi connectivity index (χ2v) is 2.95. The predicted octanol–water partition coefficient (Wildman–Crippen LogP) is 1.00. The Kier molecular flexibility index (Phi) is 2.63. The molecule has 5 N–H and O–H groups in total. The van der Waals surface area contributed by atoms with Crippen LogP contribution in [0.1, 0.15) is 18.5 Å². The molecule has 0 heterocycles. The van der Waals surface area contributed by atoms with Gasteiger partial charge < -0.3 is 21.3 Å². The van der Waals surface area contributed by atoms with Crippen molar-refractivity contribution in [2.75, 3.05) is 12.8 Å². The molecule has 0 aliphatic carbocycles. The van der Waals surface area contributed by atoms with E-state index in [0.29, 0.717) is 5.75 Å². The summed E-state index contributed by atoms with van der Waals surface area (Å²) in [5, 5.41) is 9.41. The standard InChI is InChI=1S/C9H14N2O2/c1-5(10)6-3-7(11)9(12)8(4-6)13-2/h3-5,12H,10-11H2,1-2H3/t5-/m1/s1. The zero-order chi connectivity index (χ0) is 10.0. The highest BCUT2D eigenvalue weighted by Crippen LogP contribution is 2.34. The largest absolute Gasteiger partial charge is 0.503 e. The molecule has 1 aromatic rings. The molecule has 1 aromatic carbocycles. The minimum atomic E-state index is -0.128. The summed E-state index contributed by atoms with van der Waals surface area (Å²) in [6.07, 6.45) is 0. The highest BCUT2D eigenvalue weighted by atomic mass is 16.5. The van der Waals surface area contributed by atoms with E-state index in [4.69, 9.17) is 16.2 Å². The fraction of sp³-hybridized carbons (Fsp3) is 0.333. The van der Waals surface area contributed by atoms with Crippen molar-refractivity contribution in [3.63, 3.8) is 0 Å². The first-order chi connectivity index (χ1) is 6.06. The molecule has 0 spiro atoms. The lowest BCUT2D eigenvalue weighted by Gasteiger charge is -2.11. The van der Waals surface area contributed by atoms with E-state index in [1.165, 1.54) is 7.11 Å². The summed E-state index contributed by atoms with van der Waals surface area (Å²) >= 11 is 0. The normalized spacial score (nSPS) is 12.5. The van der Waals surface area contributed by atoms with Crippen molar-refractivity contribution >= 4 is 5.69 Å². The minimum absolute atomic E-state index is 0.0353. The molecule has 0 fully saturated rings. The number of phenols is 1. The molecule has 4 nitrogen and oxygen atoms in total. The molecular formula is C9H14N2O2. The second kappa shape index (κ2) is 3.53. The molecule has 13 heavy (non-hydrogen) atoms. The Hall–Kier alpha value is -1.42. The van der Waals surface area contributed by atoms with Gasteiger partial charge in [-0.3, -0.25) is 0 Å². The quantitative estimate of drug-likeness (QED) is 0.471. The van der Waals surface area contributed by atoms with E-state index in [1.807, 2.05) is 6.92 Å². The molecule has 4 heteroatoms. The van der Waals surface area contributed by atoms with E-state index in [0.717, 1.165) is 5.56 Å². The smallest absolute Gasteiger partial charge is 0.181 e. The van der Waals surface area contributed by atoms with E-state index in [-0.39, 0.29) is 17.5 Å². The van der Waals surface area contributed by atoms with Crippen LogP contribution < -0.4 is 16.2 Å². The van der Waals surface area contributed by atoms with Gasteiger partial charge in [-0.1, -0.05) is 0 Å². The van der Waals surface area contributed by atoms with Gasteiger partial charge in [0.1, 0.15) is 0 Å². The van der Waals surface area contributed by atoms with Gasteiger partial charge in [-0.15, -0.1) is 0 Å². The molecule has 0 saturated heterocycles. The number of anilines is 1. The summed E-state index contributed by atoms with van der Waals surface area (Å²) in [5.41, 5.74) is 12.3. The SMILES string of the molecule is COc1cc([C@@H](C)N)cc(N)c1O. The first-order valence-electron chi connectivity index (χ1n) is 3.98. The average Bonchev–Trinajstić information content (AvgIpc) is 2.09. The fourth-order valence-corrected chi connectivity index (χ4v) is 1.07. The summed E-state index contributed by atoms with van der Waals surface area (Å²) in [7, 11) is 1.47. The number of phenolic OH excluding ortho intramolecular Hbond substituents is 1. The van der Waals surface area contributed by atoms with Gasteiger partial charge in [-0.25, -0.2) is 0 Å². The van der Waals surface area contributed by atoms with Gasteiger partial charge in [0.2, 0.25) is 0 Å². The Morgan fingerprint density at radius 2 is 2.08 bits per heavy atom. The van der Waals surface area contributed by atoms with Gasteiger partial charge in [-0.2, -0.15) is 0 Å². The highest BCUT2D eigenvalue weighted by molar-refractivity contribution is 5.61. The molecule has 0 aromatic heterocycles. The van der Waals surface area contributed by atoms with Gasteiger partial charge in [-0.05, 0) is 24.6 Å². The summed E-state index contributed by atoms with van der Waals surface area (Å²) in [5.74, 6) is 0.319. The number of nitrogen functional groups attached to an aromatic ring is 1. The van der Waals surface area contributed by atoms with Gasteiger partial charge in [0.25, 0.3) is 0 Å². The molecule has 72 valence electrons. The third-order valence-electron chi connectivity index (χ3n) is 1.87. The van der Waals surface area contributed by atoms with E-state index < -0.39 is 0 Å². The van der Waals surface area contributed by atoms with Crippen molar-refractivity contribution in [2.45, 2.75) is 13.0 Å². The topological polar surface area (TPSA) is 81.5 Å². The number of hydrogen-bond donors (Lipinski definition) is 3. The van der Waals surface area contributed by atoms with Crippen LogP contribution >= 0.6 is 0 Å². The fourth-order valence-electron chi connectivity index (χ4n) is 1.07. The van der Waals surface area contributed by atoms with Gasteiger partial charge in [0, 0.05) is 6.04 Å². The molecule has 0 aliphatic rings. The maximum atomic E-state index is 9.41. The molecule has 0 radical (unpaired) electrons. The molecule has 0 saturated carbocycles. The van der Waals surface area contributed by atoms with Crippen molar-refractivity contribution in [3.8, 4) is 11.5 Å². The van der Waals surface area contributed by atoms with Crippen LogP contribution in [0.5, 0.6) is 11.5 Å². The van der Waals surface area contributed by atoms with E-state index in [9.17, 15) is 5.11 Å². The number of ether oxygens (including phenoxy) is 1. The minimum Gasteiger partial charge on any atom is -0.503 e. The molecule has 0 aliphatic heterocycles. The van der Waals surface area contributed by atoms with E-state index in [2.05, 4.69) is 0 Å². The molecule has 1 atom stereocenters. The van der Waals surface area contributed by atoms with Crippen LogP contribution in [-0.2, 0) is 0 Å². The van der Waals surface area contributed by atoms with Crippen LogP contribution in [0, 0.1) is 0 Å². The van der Waals surface area contributed by atoms with E-state index in [1.54, 1.807) is 12.1 Å². The molecule has 0 amide bonds. The number of benzene rings is 1. The Morgan fingerprint density at radius 3 is 2.54 bits per heavy atom. The number of methoxy groups -OCH3 is 1. The van der Waals surface area contributed by atoms with Crippen LogP contribution in [-0.4, -0.2) is 12.2 Å². The summed E-state index contributed by atoms with van der Waals surface area (Å²) in [4.78, 5) is 0. The first kappa shape index (κ1) is 9.67. The van der Waals surface area contributed by atoms with Crippen LogP contribution in [0.25, 0.3) is 0 Å². The van der Waals surface area contributed by atoms with Crippen molar-refractivity contribution in [1.82, 2.24) is 0 Å². The predicted molar refractivity (Wildman–Crippen MR) is 51.7 cm³/mol. The van der Waals surface area contributed by atoms with Crippen molar-refractivity contribution < 1.29 is 9.84 Å². The van der Waals surface area contributed by atoms with Crippen LogP contribution in [0.2, 0.25) is 0 Å². The van der Waals surface area contributed by atoms with Crippen molar-refractivity contribution in [2.24, 2.45) is 5.73 Å². The first-order valence-corrected chi connectivity index (χ1v) is 3.98. The Labute approximate surface area is 77.1 Å². The zero-order valence-electron chi connectivity index (χ0n) is 7.74. The van der Waals surface area contributed by atoms with Crippen LogP contribution in [0.4, 0.5) is 5.69 Å². The number of aromatic hydroxyl groups is 1. The lowest BCUT2D eigenvalue weighted by Crippen LogP contribution is -2.06. The van der Waals surface area contributed by atoms with Crippen molar-refractivity contribution in [1.29, 1.82) is 0 Å². The third-order valence-corrected chi connectivity index (χ3v) is 1.87. The van der Waals surface area contributed by atoms with Crippen LogP contribution in [0.15, 0.2) is 12.1 Å². The molecular weight excluding hydrogens is 168 g/mol. The summed E-state index contributed by atoms with van der Waals surface area (Å²) in [6, 6.07) is 3.19. The summed E-state index contributed by atoms with van der Waals surface area (Å²) < 4.78 is 4.93. The van der Waals surface area contributed by atoms with Crippen LogP contribution in [0.3, 0.4) is 0 Å². The monoisotopic (exact) mass is 182 g/mol. The number of hydrogen-bond acceptors (Lipinski definition) is 4. The average molecular weight is 182 g/mol. The molecule has 0 unspecified atom stereocenters. The van der Waals surface area contributed by atoms with Gasteiger partial charge in [0.15, 0.2) is 11.5 Å². The molecule has 0 bridgehead atoms. The molecule has 1 rings (SSSR count). The number of rotatable bonds is 2. The maximum Gasteiger partial charge on any atom is 0.181 e. The maximum absolute atomic E-state index is 9.41. The Morgan fingerprint density at radius 1 is 1.46 bits per heavy atom. The van der Waals surface area contributed by atoms with Crippen molar-refractivity contribution in [3.05, 3.63) is 17.7 Å². The van der Waals surface area contributed by atoms with E-state index >= 15 is 0 Å². The Balaban J connectivity index is 3.22. The van der Waals surface area contributed by atoms with Gasteiger partial charge in [0.05, 0.1) is 12.8 Å². The zero-order valence-corrected chi connectivity index (χ0v) is 7.74. The lowest BCUT2D eigenvalue weighted by atomic mass is 10.1. The summed E-state index contributed by atoms with van der Waals surface area (Å²) in [6.45, 7) is 1.84.